The van der Waals surface area contributed by atoms with Crippen LogP contribution in [0.2, 0.25) is 0 Å². The van der Waals surface area contributed by atoms with Gasteiger partial charge in [0, 0.05) is 22.5 Å². The molecule has 3 rings (SSSR count). The SMILES string of the molecule is CC(C)(C)NC(=O)c1cccc(NC(=O)CNc2ccc(OCCOc3ccccc3)cc2)c1. The summed E-state index contributed by atoms with van der Waals surface area (Å²) >= 11 is 0. The topological polar surface area (TPSA) is 88.7 Å². The molecule has 0 atom stereocenters. The molecule has 0 aliphatic heterocycles. The van der Waals surface area contributed by atoms with Crippen molar-refractivity contribution in [3.8, 4) is 11.5 Å². The lowest BCUT2D eigenvalue weighted by Gasteiger charge is -2.20. The number of carbonyl (C=O) groups excluding carboxylic acids is 2. The first kappa shape index (κ1) is 24.6. The molecule has 178 valence electrons. The summed E-state index contributed by atoms with van der Waals surface area (Å²) in [6, 6.07) is 23.8. The molecule has 0 unspecified atom stereocenters. The van der Waals surface area contributed by atoms with E-state index in [9.17, 15) is 9.59 Å². The molecule has 3 N–H and O–H groups in total. The summed E-state index contributed by atoms with van der Waals surface area (Å²) in [5.74, 6) is 1.13. The van der Waals surface area contributed by atoms with Crippen LogP contribution in [0.25, 0.3) is 0 Å². The highest BCUT2D eigenvalue weighted by Crippen LogP contribution is 2.16. The number of hydrogen-bond donors (Lipinski definition) is 3. The first-order chi connectivity index (χ1) is 16.3. The standard InChI is InChI=1S/C27H31N3O4/c1-27(2,3)30-26(32)20-8-7-9-22(18-20)29-25(31)19-28-21-12-14-24(15-13-21)34-17-16-33-23-10-5-4-6-11-23/h4-15,18,28H,16-17,19H2,1-3H3,(H,29,31)(H,30,32). The number of nitrogens with one attached hydrogen (secondary N) is 3. The Morgan fingerprint density at radius 1 is 0.765 bits per heavy atom. The van der Waals surface area contributed by atoms with Gasteiger partial charge in [0.1, 0.15) is 24.7 Å². The summed E-state index contributed by atoms with van der Waals surface area (Å²) in [4.78, 5) is 24.7. The molecule has 0 spiro atoms. The first-order valence-electron chi connectivity index (χ1n) is 11.2. The summed E-state index contributed by atoms with van der Waals surface area (Å²) in [6.45, 7) is 6.72. The molecule has 34 heavy (non-hydrogen) atoms. The van der Waals surface area contributed by atoms with Gasteiger partial charge in [-0.2, -0.15) is 0 Å². The van der Waals surface area contributed by atoms with E-state index in [2.05, 4.69) is 16.0 Å². The second-order valence-electron chi connectivity index (χ2n) is 8.72. The highest BCUT2D eigenvalue weighted by Gasteiger charge is 2.15. The average Bonchev–Trinajstić information content (AvgIpc) is 2.81. The van der Waals surface area contributed by atoms with Crippen LogP contribution in [-0.2, 0) is 4.79 Å². The van der Waals surface area contributed by atoms with Gasteiger partial charge in [0.15, 0.2) is 0 Å². The Morgan fingerprint density at radius 3 is 2.06 bits per heavy atom. The summed E-state index contributed by atoms with van der Waals surface area (Å²) in [5.41, 5.74) is 1.51. The molecule has 7 nitrogen and oxygen atoms in total. The number of anilines is 2. The van der Waals surface area contributed by atoms with E-state index in [-0.39, 0.29) is 23.9 Å². The quantitative estimate of drug-likeness (QED) is 0.380. The van der Waals surface area contributed by atoms with Crippen LogP contribution in [0.4, 0.5) is 11.4 Å². The van der Waals surface area contributed by atoms with Gasteiger partial charge in [0.25, 0.3) is 5.91 Å². The molecule has 0 fully saturated rings. The second kappa shape index (κ2) is 11.7. The number of amides is 2. The van der Waals surface area contributed by atoms with Crippen LogP contribution in [0.5, 0.6) is 11.5 Å². The van der Waals surface area contributed by atoms with Gasteiger partial charge in [0.05, 0.1) is 6.54 Å². The first-order valence-corrected chi connectivity index (χ1v) is 11.2. The van der Waals surface area contributed by atoms with E-state index >= 15 is 0 Å². The van der Waals surface area contributed by atoms with Gasteiger partial charge < -0.3 is 25.4 Å². The van der Waals surface area contributed by atoms with Gasteiger partial charge in [-0.25, -0.2) is 0 Å². The van der Waals surface area contributed by atoms with Gasteiger partial charge in [-0.3, -0.25) is 9.59 Å². The van der Waals surface area contributed by atoms with Crippen LogP contribution in [0.3, 0.4) is 0 Å². The van der Waals surface area contributed by atoms with Crippen LogP contribution in [-0.4, -0.2) is 37.1 Å². The summed E-state index contributed by atoms with van der Waals surface area (Å²) in [6.07, 6.45) is 0. The van der Waals surface area contributed by atoms with Crippen LogP contribution in [0.15, 0.2) is 78.9 Å². The smallest absolute Gasteiger partial charge is 0.251 e. The van der Waals surface area contributed by atoms with E-state index in [1.54, 1.807) is 24.3 Å². The molecule has 0 bridgehead atoms. The van der Waals surface area contributed by atoms with Gasteiger partial charge in [-0.15, -0.1) is 0 Å². The number of ether oxygens (including phenoxy) is 2. The van der Waals surface area contributed by atoms with Gasteiger partial charge in [-0.05, 0) is 75.4 Å². The van der Waals surface area contributed by atoms with Crippen LogP contribution < -0.4 is 25.4 Å². The number of carbonyl (C=O) groups is 2. The molecular formula is C27H31N3O4. The number of hydrogen-bond acceptors (Lipinski definition) is 5. The van der Waals surface area contributed by atoms with E-state index in [1.807, 2.05) is 75.4 Å². The highest BCUT2D eigenvalue weighted by molar-refractivity contribution is 5.98. The molecule has 0 radical (unpaired) electrons. The molecule has 3 aromatic rings. The molecule has 0 aromatic heterocycles. The van der Waals surface area contributed by atoms with E-state index in [0.29, 0.717) is 24.5 Å². The molecule has 3 aromatic carbocycles. The highest BCUT2D eigenvalue weighted by atomic mass is 16.5. The second-order valence-corrected chi connectivity index (χ2v) is 8.72. The minimum atomic E-state index is -0.337. The monoisotopic (exact) mass is 461 g/mol. The number of benzene rings is 3. The Kier molecular flexibility index (Phi) is 8.51. The molecule has 0 aliphatic rings. The largest absolute Gasteiger partial charge is 0.490 e. The number of para-hydroxylation sites is 1. The zero-order valence-corrected chi connectivity index (χ0v) is 19.8. The molecule has 2 amide bonds. The Labute approximate surface area is 200 Å². The van der Waals surface area contributed by atoms with Crippen LogP contribution >= 0.6 is 0 Å². The van der Waals surface area contributed by atoms with Crippen molar-refractivity contribution in [2.75, 3.05) is 30.4 Å². The fourth-order valence-corrected chi connectivity index (χ4v) is 3.04. The fourth-order valence-electron chi connectivity index (χ4n) is 3.04. The Balaban J connectivity index is 1.41. The molecule has 0 heterocycles. The van der Waals surface area contributed by atoms with Gasteiger partial charge in [-0.1, -0.05) is 24.3 Å². The van der Waals surface area contributed by atoms with Crippen molar-refractivity contribution < 1.29 is 19.1 Å². The van der Waals surface area contributed by atoms with Gasteiger partial charge in [0.2, 0.25) is 5.91 Å². The average molecular weight is 462 g/mol. The lowest BCUT2D eigenvalue weighted by atomic mass is 10.1. The third-order valence-electron chi connectivity index (χ3n) is 4.57. The maximum atomic E-state index is 12.3. The van der Waals surface area contributed by atoms with E-state index in [1.165, 1.54) is 0 Å². The fraction of sp³-hybridized carbons (Fsp3) is 0.259. The van der Waals surface area contributed by atoms with Crippen LogP contribution in [0, 0.1) is 0 Å². The minimum Gasteiger partial charge on any atom is -0.490 e. The maximum absolute atomic E-state index is 12.3. The predicted octanol–water partition coefficient (Wildman–Crippen LogP) is 4.72. The van der Waals surface area contributed by atoms with E-state index in [0.717, 1.165) is 17.2 Å². The van der Waals surface area contributed by atoms with Crippen molar-refractivity contribution >= 4 is 23.2 Å². The van der Waals surface area contributed by atoms with E-state index in [4.69, 9.17) is 9.47 Å². The van der Waals surface area contributed by atoms with Crippen LogP contribution in [0.1, 0.15) is 31.1 Å². The summed E-state index contributed by atoms with van der Waals surface area (Å²) < 4.78 is 11.3. The van der Waals surface area contributed by atoms with Crippen molar-refractivity contribution in [1.29, 1.82) is 0 Å². The molecule has 7 heteroatoms. The third-order valence-corrected chi connectivity index (χ3v) is 4.57. The van der Waals surface area contributed by atoms with Gasteiger partial charge >= 0.3 is 0 Å². The zero-order chi connectivity index (χ0) is 24.4. The van der Waals surface area contributed by atoms with Crippen molar-refractivity contribution in [1.82, 2.24) is 5.32 Å². The number of rotatable bonds is 10. The van der Waals surface area contributed by atoms with E-state index < -0.39 is 0 Å². The lowest BCUT2D eigenvalue weighted by molar-refractivity contribution is -0.114. The normalized spacial score (nSPS) is 10.8. The van der Waals surface area contributed by atoms with Crippen molar-refractivity contribution in [2.24, 2.45) is 0 Å². The summed E-state index contributed by atoms with van der Waals surface area (Å²) in [7, 11) is 0. The zero-order valence-electron chi connectivity index (χ0n) is 19.8. The Bertz CT molecular complexity index is 1080. The molecule has 0 saturated carbocycles. The lowest BCUT2D eigenvalue weighted by Crippen LogP contribution is -2.40. The maximum Gasteiger partial charge on any atom is 0.251 e. The molecule has 0 aliphatic carbocycles. The predicted molar refractivity (Wildman–Crippen MR) is 135 cm³/mol. The Morgan fingerprint density at radius 2 is 1.41 bits per heavy atom. The van der Waals surface area contributed by atoms with Crippen molar-refractivity contribution in [3.05, 3.63) is 84.4 Å². The van der Waals surface area contributed by atoms with Crippen molar-refractivity contribution in [2.45, 2.75) is 26.3 Å². The minimum absolute atomic E-state index is 0.0868. The molecular weight excluding hydrogens is 430 g/mol. The third kappa shape index (κ3) is 8.50. The van der Waals surface area contributed by atoms with Crippen molar-refractivity contribution in [3.63, 3.8) is 0 Å². The molecule has 0 saturated heterocycles. The summed E-state index contributed by atoms with van der Waals surface area (Å²) in [5, 5.41) is 8.80. The Hall–Kier alpha value is -4.00.